The number of hydrogen-bond donors (Lipinski definition) is 0. The van der Waals surface area contributed by atoms with Crippen LogP contribution in [-0.2, 0) is 0 Å². The Labute approximate surface area is 79.1 Å². The molecule has 0 spiro atoms. The Morgan fingerprint density at radius 2 is 2.31 bits per heavy atom. The van der Waals surface area contributed by atoms with E-state index in [9.17, 15) is 0 Å². The smallest absolute Gasteiger partial charge is 0.0971 e. The number of azo groups is 1. The molecule has 0 fully saturated rings. The van der Waals surface area contributed by atoms with Gasteiger partial charge in [-0.05, 0) is 32.4 Å². The quantitative estimate of drug-likeness (QED) is 0.463. The third kappa shape index (κ3) is 2.87. The second kappa shape index (κ2) is 4.61. The second-order valence-corrected chi connectivity index (χ2v) is 3.09. The fraction of sp³-hybridized carbons (Fsp3) is 0.455. The molecule has 1 unspecified atom stereocenters. The maximum Gasteiger partial charge on any atom is 0.0971 e. The lowest BCUT2D eigenvalue weighted by molar-refractivity contribution is 0.675. The highest BCUT2D eigenvalue weighted by atomic mass is 15.1. The van der Waals surface area contributed by atoms with E-state index in [1.54, 1.807) is 6.08 Å². The summed E-state index contributed by atoms with van der Waals surface area (Å²) in [6, 6.07) is 0.295. The minimum Gasteiger partial charge on any atom is -0.186 e. The Morgan fingerprint density at radius 1 is 1.54 bits per heavy atom. The van der Waals surface area contributed by atoms with Gasteiger partial charge in [0.25, 0.3) is 0 Å². The Morgan fingerprint density at radius 3 is 2.92 bits per heavy atom. The molecule has 0 aromatic rings. The summed E-state index contributed by atoms with van der Waals surface area (Å²) in [5.41, 5.74) is 7.72. The van der Waals surface area contributed by atoms with Gasteiger partial charge in [-0.2, -0.15) is 10.2 Å². The summed E-state index contributed by atoms with van der Waals surface area (Å²) < 4.78 is 0. The molecule has 0 N–H and O–H groups in total. The number of nitrogens with zero attached hydrogens (tertiary/aromatic N) is 2. The average molecular weight is 174 g/mol. The lowest BCUT2D eigenvalue weighted by atomic mass is 10.2. The Kier molecular flexibility index (Phi) is 3.45. The Hall–Kier alpha value is -1.36. The summed E-state index contributed by atoms with van der Waals surface area (Å²) in [4.78, 5) is 0. The maximum absolute atomic E-state index is 4.16. The molecule has 0 saturated carbocycles. The van der Waals surface area contributed by atoms with Gasteiger partial charge in [0.2, 0.25) is 0 Å². The van der Waals surface area contributed by atoms with Gasteiger partial charge >= 0.3 is 0 Å². The Bertz CT molecular complexity index is 335. The highest BCUT2D eigenvalue weighted by Crippen LogP contribution is 2.13. The molecule has 0 heterocycles. The minimum absolute atomic E-state index is 0.295. The van der Waals surface area contributed by atoms with Crippen molar-refractivity contribution in [3.63, 3.8) is 0 Å². The molecule has 1 aliphatic carbocycles. The molecule has 0 radical (unpaired) electrons. The van der Waals surface area contributed by atoms with E-state index in [1.807, 2.05) is 13.0 Å². The average Bonchev–Trinajstić information content (AvgIpc) is 2.16. The van der Waals surface area contributed by atoms with Gasteiger partial charge in [0, 0.05) is 5.57 Å². The van der Waals surface area contributed by atoms with E-state index in [1.165, 1.54) is 0 Å². The summed E-state index contributed by atoms with van der Waals surface area (Å²) in [7, 11) is 0. The first-order valence-electron chi connectivity index (χ1n) is 4.54. The molecule has 0 aromatic carbocycles. The van der Waals surface area contributed by atoms with E-state index in [2.05, 4.69) is 35.5 Å². The standard InChI is InChI=1S/C11H14N2/c1-4-10(3)12-13-11-8-6-5-7-9(11)2/h6,8,10H,4H2,1-3H3. The van der Waals surface area contributed by atoms with Crippen molar-refractivity contribution in [1.29, 1.82) is 0 Å². The molecule has 1 atom stereocenters. The molecule has 0 amide bonds. The van der Waals surface area contributed by atoms with Crippen LogP contribution in [0.3, 0.4) is 0 Å². The van der Waals surface area contributed by atoms with E-state index in [0.717, 1.165) is 17.7 Å². The zero-order valence-corrected chi connectivity index (χ0v) is 8.33. The highest BCUT2D eigenvalue weighted by Gasteiger charge is 1.99. The van der Waals surface area contributed by atoms with Gasteiger partial charge in [-0.15, -0.1) is 0 Å². The fourth-order valence-corrected chi connectivity index (χ4v) is 0.810. The fourth-order valence-electron chi connectivity index (χ4n) is 0.810. The van der Waals surface area contributed by atoms with Crippen molar-refractivity contribution in [2.75, 3.05) is 0 Å². The highest BCUT2D eigenvalue weighted by molar-refractivity contribution is 5.33. The monoisotopic (exact) mass is 174 g/mol. The van der Waals surface area contributed by atoms with Crippen LogP contribution in [0.15, 0.2) is 45.1 Å². The van der Waals surface area contributed by atoms with Crippen LogP contribution in [0.25, 0.3) is 0 Å². The molecule has 68 valence electrons. The van der Waals surface area contributed by atoms with Crippen LogP contribution in [0, 0.1) is 0 Å². The molecule has 2 nitrogen and oxygen atoms in total. The lowest BCUT2D eigenvalue weighted by Gasteiger charge is -2.01. The first kappa shape index (κ1) is 9.73. The van der Waals surface area contributed by atoms with Crippen molar-refractivity contribution in [2.45, 2.75) is 33.2 Å². The Balaban J connectivity index is 2.68. The van der Waals surface area contributed by atoms with Crippen molar-refractivity contribution in [1.82, 2.24) is 0 Å². The van der Waals surface area contributed by atoms with Crippen LogP contribution in [0.4, 0.5) is 0 Å². The van der Waals surface area contributed by atoms with Gasteiger partial charge in [-0.25, -0.2) is 0 Å². The van der Waals surface area contributed by atoms with Gasteiger partial charge < -0.3 is 0 Å². The summed E-state index contributed by atoms with van der Waals surface area (Å²) in [6.07, 6.45) is 4.72. The van der Waals surface area contributed by atoms with Gasteiger partial charge in [0.1, 0.15) is 0 Å². The lowest BCUT2D eigenvalue weighted by Crippen LogP contribution is -1.93. The summed E-state index contributed by atoms with van der Waals surface area (Å²) >= 11 is 0. The molecule has 1 rings (SSSR count). The molecular weight excluding hydrogens is 160 g/mol. The van der Waals surface area contributed by atoms with E-state index >= 15 is 0 Å². The summed E-state index contributed by atoms with van der Waals surface area (Å²) in [5, 5.41) is 8.32. The SMILES string of the molecule is CCC(C)N=NC1=CC=C=C=C1C. The first-order chi connectivity index (χ1) is 6.24. The third-order valence-electron chi connectivity index (χ3n) is 1.92. The van der Waals surface area contributed by atoms with Crippen molar-refractivity contribution >= 4 is 0 Å². The number of hydrogen-bond acceptors (Lipinski definition) is 2. The van der Waals surface area contributed by atoms with E-state index in [-0.39, 0.29) is 0 Å². The molecule has 0 aliphatic heterocycles. The molecule has 1 aliphatic rings. The molecule has 0 aromatic heterocycles. The normalized spacial score (nSPS) is 17.5. The van der Waals surface area contributed by atoms with Gasteiger partial charge in [0.05, 0.1) is 11.7 Å². The zero-order valence-electron chi connectivity index (χ0n) is 8.33. The molecule has 2 heteroatoms. The van der Waals surface area contributed by atoms with E-state index in [0.29, 0.717) is 6.04 Å². The molecule has 13 heavy (non-hydrogen) atoms. The van der Waals surface area contributed by atoms with Crippen LogP contribution < -0.4 is 0 Å². The molecular formula is C11H14N2. The van der Waals surface area contributed by atoms with Crippen LogP contribution >= 0.6 is 0 Å². The van der Waals surface area contributed by atoms with Crippen molar-refractivity contribution in [3.05, 3.63) is 34.9 Å². The third-order valence-corrected chi connectivity index (χ3v) is 1.92. The van der Waals surface area contributed by atoms with Crippen molar-refractivity contribution in [3.8, 4) is 0 Å². The van der Waals surface area contributed by atoms with E-state index in [4.69, 9.17) is 0 Å². The number of allylic oxidation sites excluding steroid dienone is 3. The van der Waals surface area contributed by atoms with Crippen molar-refractivity contribution in [2.24, 2.45) is 10.2 Å². The molecule has 0 saturated heterocycles. The van der Waals surface area contributed by atoms with E-state index < -0.39 is 0 Å². The largest absolute Gasteiger partial charge is 0.186 e. The van der Waals surface area contributed by atoms with Gasteiger partial charge in [0.15, 0.2) is 0 Å². The van der Waals surface area contributed by atoms with Gasteiger partial charge in [-0.1, -0.05) is 18.4 Å². The predicted octanol–water partition coefficient (Wildman–Crippen LogP) is 3.39. The summed E-state index contributed by atoms with van der Waals surface area (Å²) in [6.45, 7) is 6.11. The van der Waals surface area contributed by atoms with Gasteiger partial charge in [-0.3, -0.25) is 0 Å². The van der Waals surface area contributed by atoms with Crippen LogP contribution in [-0.4, -0.2) is 6.04 Å². The first-order valence-corrected chi connectivity index (χ1v) is 4.54. The molecule has 0 bridgehead atoms. The van der Waals surface area contributed by atoms with Crippen LogP contribution in [0.5, 0.6) is 0 Å². The van der Waals surface area contributed by atoms with Crippen LogP contribution in [0.2, 0.25) is 0 Å². The minimum atomic E-state index is 0.295. The van der Waals surface area contributed by atoms with Crippen molar-refractivity contribution < 1.29 is 0 Å². The maximum atomic E-state index is 4.16. The summed E-state index contributed by atoms with van der Waals surface area (Å²) in [5.74, 6) is 0. The predicted molar refractivity (Wildman–Crippen MR) is 53.5 cm³/mol. The second-order valence-electron chi connectivity index (χ2n) is 3.09. The number of rotatable bonds is 3. The zero-order chi connectivity index (χ0) is 9.68. The van der Waals surface area contributed by atoms with Crippen LogP contribution in [0.1, 0.15) is 27.2 Å². The topological polar surface area (TPSA) is 24.7 Å².